The minimum absolute atomic E-state index is 0.444. The van der Waals surface area contributed by atoms with Crippen molar-refractivity contribution in [3.63, 3.8) is 0 Å². The molecule has 2 rings (SSSR count). The summed E-state index contributed by atoms with van der Waals surface area (Å²) in [6.45, 7) is 4.43. The summed E-state index contributed by atoms with van der Waals surface area (Å²) in [5.41, 5.74) is 0. The van der Waals surface area contributed by atoms with Gasteiger partial charge in [0.15, 0.2) is 0 Å². The highest BCUT2D eigenvalue weighted by atomic mass is 35.5. The molecule has 3 nitrogen and oxygen atoms in total. The van der Waals surface area contributed by atoms with Crippen molar-refractivity contribution in [2.75, 3.05) is 0 Å². The van der Waals surface area contributed by atoms with Gasteiger partial charge >= 0.3 is 0 Å². The predicted molar refractivity (Wildman–Crippen MR) is 70.3 cm³/mol. The second-order valence-electron chi connectivity index (χ2n) is 5.14. The Bertz CT molecular complexity index is 356. The highest BCUT2D eigenvalue weighted by Crippen LogP contribution is 2.34. The molecule has 0 N–H and O–H groups in total. The lowest BCUT2D eigenvalue weighted by Gasteiger charge is -2.29. The second-order valence-corrected chi connectivity index (χ2v) is 5.48. The van der Waals surface area contributed by atoms with Crippen LogP contribution in [0.3, 0.4) is 0 Å². The van der Waals surface area contributed by atoms with E-state index < -0.39 is 0 Å². The smallest absolute Gasteiger partial charge is 0.225 e. The zero-order chi connectivity index (χ0) is 12.3. The molecule has 1 aromatic rings. The lowest BCUT2D eigenvalue weighted by atomic mass is 9.84. The maximum atomic E-state index is 6.18. The van der Waals surface area contributed by atoms with Gasteiger partial charge in [-0.1, -0.05) is 26.2 Å². The van der Waals surface area contributed by atoms with Crippen molar-refractivity contribution in [1.82, 2.24) is 14.8 Å². The Labute approximate surface area is 109 Å². The van der Waals surface area contributed by atoms with Gasteiger partial charge in [-0.2, -0.15) is 0 Å². The second kappa shape index (κ2) is 5.85. The van der Waals surface area contributed by atoms with E-state index in [-0.39, 0.29) is 0 Å². The van der Waals surface area contributed by atoms with Crippen molar-refractivity contribution in [3.8, 4) is 0 Å². The van der Waals surface area contributed by atoms with E-state index in [1.165, 1.54) is 32.1 Å². The van der Waals surface area contributed by atoms with Gasteiger partial charge in [-0.3, -0.25) is 4.57 Å². The molecule has 1 fully saturated rings. The molecular weight excluding hydrogens is 234 g/mol. The van der Waals surface area contributed by atoms with E-state index in [9.17, 15) is 0 Å². The number of rotatable bonds is 4. The average Bonchev–Trinajstić information content (AvgIpc) is 2.71. The van der Waals surface area contributed by atoms with E-state index in [2.05, 4.69) is 28.6 Å². The zero-order valence-corrected chi connectivity index (χ0v) is 11.6. The molecule has 1 aromatic heterocycles. The Balaban J connectivity index is 2.16. The zero-order valence-electron chi connectivity index (χ0n) is 10.8. The minimum Gasteiger partial charge on any atom is -0.299 e. The van der Waals surface area contributed by atoms with Crippen molar-refractivity contribution < 1.29 is 0 Å². The summed E-state index contributed by atoms with van der Waals surface area (Å²) in [5, 5.41) is 8.79. The lowest BCUT2D eigenvalue weighted by Crippen LogP contribution is -2.21. The Morgan fingerprint density at radius 1 is 1.29 bits per heavy atom. The van der Waals surface area contributed by atoms with Gasteiger partial charge in [0.2, 0.25) is 5.28 Å². The summed E-state index contributed by atoms with van der Waals surface area (Å²) >= 11 is 6.18. The normalized spacial score (nSPS) is 19.5. The maximum Gasteiger partial charge on any atom is 0.225 e. The molecule has 0 amide bonds. The van der Waals surface area contributed by atoms with Crippen LogP contribution < -0.4 is 0 Å². The van der Waals surface area contributed by atoms with E-state index in [1.54, 1.807) is 0 Å². The van der Waals surface area contributed by atoms with E-state index in [4.69, 9.17) is 11.6 Å². The monoisotopic (exact) mass is 255 g/mol. The third-order valence-electron chi connectivity index (χ3n) is 3.94. The molecular formula is C13H22ClN3. The molecule has 1 unspecified atom stereocenters. The van der Waals surface area contributed by atoms with Crippen LogP contribution in [0.4, 0.5) is 0 Å². The molecule has 1 saturated carbocycles. The molecule has 1 aliphatic carbocycles. The van der Waals surface area contributed by atoms with Gasteiger partial charge in [-0.05, 0) is 43.7 Å². The molecule has 1 aliphatic rings. The molecule has 1 heterocycles. The van der Waals surface area contributed by atoms with E-state index in [0.29, 0.717) is 11.3 Å². The first-order valence-electron chi connectivity index (χ1n) is 6.83. The standard InChI is InChI=1S/C13H22ClN3/c1-3-7-12-15-16-13(14)17(12)10(2)11-8-5-4-6-9-11/h10-11H,3-9H2,1-2H3. The first-order valence-corrected chi connectivity index (χ1v) is 7.21. The number of hydrogen-bond donors (Lipinski definition) is 0. The van der Waals surface area contributed by atoms with Crippen LogP contribution >= 0.6 is 11.6 Å². The highest BCUT2D eigenvalue weighted by molar-refractivity contribution is 6.28. The number of halogens is 1. The van der Waals surface area contributed by atoms with E-state index in [1.807, 2.05) is 0 Å². The van der Waals surface area contributed by atoms with Crippen LogP contribution in [0.25, 0.3) is 0 Å². The van der Waals surface area contributed by atoms with Crippen molar-refractivity contribution in [3.05, 3.63) is 11.1 Å². The molecule has 1 atom stereocenters. The van der Waals surface area contributed by atoms with E-state index >= 15 is 0 Å². The number of aryl methyl sites for hydroxylation is 1. The Morgan fingerprint density at radius 3 is 2.65 bits per heavy atom. The lowest BCUT2D eigenvalue weighted by molar-refractivity contribution is 0.260. The number of aromatic nitrogens is 3. The fraction of sp³-hybridized carbons (Fsp3) is 0.846. The van der Waals surface area contributed by atoms with Gasteiger partial charge in [-0.25, -0.2) is 0 Å². The first kappa shape index (κ1) is 12.9. The average molecular weight is 256 g/mol. The third kappa shape index (κ3) is 2.82. The predicted octanol–water partition coefficient (Wildman–Crippen LogP) is 4.03. The van der Waals surface area contributed by atoms with Gasteiger partial charge in [0.05, 0.1) is 0 Å². The molecule has 17 heavy (non-hydrogen) atoms. The summed E-state index contributed by atoms with van der Waals surface area (Å²) in [4.78, 5) is 0. The minimum atomic E-state index is 0.444. The van der Waals surface area contributed by atoms with Gasteiger partial charge < -0.3 is 0 Å². The van der Waals surface area contributed by atoms with Crippen molar-refractivity contribution >= 4 is 11.6 Å². The molecule has 0 spiro atoms. The Hall–Kier alpha value is -0.570. The first-order chi connectivity index (χ1) is 8.24. The molecule has 0 bridgehead atoms. The van der Waals surface area contributed by atoms with Crippen molar-refractivity contribution in [1.29, 1.82) is 0 Å². The SMILES string of the molecule is CCCc1nnc(Cl)n1C(C)C1CCCCC1. The molecule has 4 heteroatoms. The van der Waals surface area contributed by atoms with E-state index in [0.717, 1.165) is 24.6 Å². The maximum absolute atomic E-state index is 6.18. The fourth-order valence-corrected chi connectivity index (χ4v) is 3.22. The third-order valence-corrected chi connectivity index (χ3v) is 4.20. The molecule has 0 aromatic carbocycles. The van der Waals surface area contributed by atoms with Crippen LogP contribution in [0.1, 0.15) is 64.2 Å². The molecule has 96 valence electrons. The quantitative estimate of drug-likeness (QED) is 0.813. The van der Waals surface area contributed by atoms with Crippen LogP contribution in [0.2, 0.25) is 5.28 Å². The Kier molecular flexibility index (Phi) is 4.43. The topological polar surface area (TPSA) is 30.7 Å². The van der Waals surface area contributed by atoms with Gasteiger partial charge in [-0.15, -0.1) is 10.2 Å². The van der Waals surface area contributed by atoms with Crippen LogP contribution in [-0.2, 0) is 6.42 Å². The van der Waals surface area contributed by atoms with Crippen LogP contribution in [0.5, 0.6) is 0 Å². The van der Waals surface area contributed by atoms with Crippen LogP contribution in [-0.4, -0.2) is 14.8 Å². The van der Waals surface area contributed by atoms with Gasteiger partial charge in [0, 0.05) is 12.5 Å². The van der Waals surface area contributed by atoms with Crippen molar-refractivity contribution in [2.24, 2.45) is 5.92 Å². The summed E-state index contributed by atoms with van der Waals surface area (Å²) in [7, 11) is 0. The summed E-state index contributed by atoms with van der Waals surface area (Å²) in [6.07, 6.45) is 8.81. The summed E-state index contributed by atoms with van der Waals surface area (Å²) < 4.78 is 2.15. The largest absolute Gasteiger partial charge is 0.299 e. The Morgan fingerprint density at radius 2 is 2.00 bits per heavy atom. The van der Waals surface area contributed by atoms with Crippen LogP contribution in [0.15, 0.2) is 0 Å². The highest BCUT2D eigenvalue weighted by Gasteiger charge is 2.25. The number of nitrogens with zero attached hydrogens (tertiary/aromatic N) is 3. The van der Waals surface area contributed by atoms with Crippen LogP contribution in [0, 0.1) is 5.92 Å². The summed E-state index contributed by atoms with van der Waals surface area (Å²) in [5.74, 6) is 1.79. The van der Waals surface area contributed by atoms with Gasteiger partial charge in [0.1, 0.15) is 5.82 Å². The fourth-order valence-electron chi connectivity index (χ4n) is 2.93. The molecule has 0 saturated heterocycles. The van der Waals surface area contributed by atoms with Crippen molar-refractivity contribution in [2.45, 2.75) is 64.8 Å². The van der Waals surface area contributed by atoms with Gasteiger partial charge in [0.25, 0.3) is 0 Å². The summed E-state index contributed by atoms with van der Waals surface area (Å²) in [6, 6.07) is 0.444. The molecule has 0 aliphatic heterocycles. The number of hydrogen-bond acceptors (Lipinski definition) is 2. The molecule has 0 radical (unpaired) electrons.